The summed E-state index contributed by atoms with van der Waals surface area (Å²) < 4.78 is 0. The number of hydrogen-bond donors (Lipinski definition) is 2. The van der Waals surface area contributed by atoms with Crippen molar-refractivity contribution < 1.29 is 9.59 Å². The molecule has 5 nitrogen and oxygen atoms in total. The van der Waals surface area contributed by atoms with Gasteiger partial charge in [-0.15, -0.1) is 0 Å². The number of aryl methyl sites for hydroxylation is 2. The van der Waals surface area contributed by atoms with Gasteiger partial charge in [-0.05, 0) is 49.6 Å². The molecule has 26 heavy (non-hydrogen) atoms. The smallest absolute Gasteiger partial charge is 0.315 e. The first-order chi connectivity index (χ1) is 12.4. The average Bonchev–Trinajstić information content (AvgIpc) is 2.98. The van der Waals surface area contributed by atoms with Crippen molar-refractivity contribution in [1.29, 1.82) is 0 Å². The molecule has 136 valence electrons. The molecule has 3 amide bonds. The Hall–Kier alpha value is -2.82. The van der Waals surface area contributed by atoms with Crippen molar-refractivity contribution in [2.45, 2.75) is 39.3 Å². The summed E-state index contributed by atoms with van der Waals surface area (Å²) in [6.07, 6.45) is 0.320. The molecule has 0 saturated carbocycles. The summed E-state index contributed by atoms with van der Waals surface area (Å²) in [4.78, 5) is 26.4. The van der Waals surface area contributed by atoms with Crippen LogP contribution in [0.2, 0.25) is 0 Å². The van der Waals surface area contributed by atoms with E-state index in [-0.39, 0.29) is 24.0 Å². The molecular formula is C21H25N3O2. The molecule has 3 rings (SSSR count). The number of carbonyl (C=O) groups is 2. The molecule has 2 aromatic rings. The monoisotopic (exact) mass is 351 g/mol. The first-order valence-electron chi connectivity index (χ1n) is 8.93. The topological polar surface area (TPSA) is 61.4 Å². The van der Waals surface area contributed by atoms with Crippen molar-refractivity contribution in [3.05, 3.63) is 65.2 Å². The lowest BCUT2D eigenvalue weighted by molar-refractivity contribution is -0.117. The van der Waals surface area contributed by atoms with Crippen molar-refractivity contribution in [1.82, 2.24) is 10.6 Å². The van der Waals surface area contributed by atoms with E-state index in [1.807, 2.05) is 69.3 Å². The zero-order valence-electron chi connectivity index (χ0n) is 15.5. The SMILES string of the molecule is Cc1ccc(N2C[C@@H](NC(=O)N[C@@H](C)c3ccccc3)CC2=O)cc1C. The third kappa shape index (κ3) is 4.04. The van der Waals surface area contributed by atoms with E-state index in [2.05, 4.69) is 10.6 Å². The molecule has 1 heterocycles. The average molecular weight is 351 g/mol. The van der Waals surface area contributed by atoms with E-state index in [4.69, 9.17) is 0 Å². The van der Waals surface area contributed by atoms with E-state index >= 15 is 0 Å². The predicted octanol–water partition coefficient (Wildman–Crippen LogP) is 3.47. The van der Waals surface area contributed by atoms with Crippen molar-refractivity contribution >= 4 is 17.6 Å². The zero-order chi connectivity index (χ0) is 18.7. The fraction of sp³-hybridized carbons (Fsp3) is 0.333. The molecule has 0 radical (unpaired) electrons. The van der Waals surface area contributed by atoms with Crippen molar-refractivity contribution in [2.75, 3.05) is 11.4 Å². The molecular weight excluding hydrogens is 326 g/mol. The lowest BCUT2D eigenvalue weighted by Gasteiger charge is -2.20. The van der Waals surface area contributed by atoms with E-state index in [1.54, 1.807) is 4.90 Å². The summed E-state index contributed by atoms with van der Waals surface area (Å²) >= 11 is 0. The molecule has 0 aromatic heterocycles. The number of hydrogen-bond acceptors (Lipinski definition) is 2. The zero-order valence-corrected chi connectivity index (χ0v) is 15.5. The van der Waals surface area contributed by atoms with Crippen molar-refractivity contribution in [3.8, 4) is 0 Å². The number of nitrogens with one attached hydrogen (secondary N) is 2. The Balaban J connectivity index is 1.58. The maximum atomic E-state index is 12.4. The molecule has 2 aromatic carbocycles. The second-order valence-corrected chi connectivity index (χ2v) is 6.92. The van der Waals surface area contributed by atoms with Gasteiger partial charge in [0.2, 0.25) is 5.91 Å². The van der Waals surface area contributed by atoms with Crippen LogP contribution < -0.4 is 15.5 Å². The maximum Gasteiger partial charge on any atom is 0.315 e. The van der Waals surface area contributed by atoms with Crippen LogP contribution in [-0.2, 0) is 4.79 Å². The quantitative estimate of drug-likeness (QED) is 0.886. The number of amides is 3. The molecule has 2 atom stereocenters. The highest BCUT2D eigenvalue weighted by atomic mass is 16.2. The molecule has 0 unspecified atom stereocenters. The minimum absolute atomic E-state index is 0.0367. The number of benzene rings is 2. The van der Waals surface area contributed by atoms with Crippen LogP contribution in [0.3, 0.4) is 0 Å². The summed E-state index contributed by atoms with van der Waals surface area (Å²) in [5.74, 6) is 0.0367. The first-order valence-corrected chi connectivity index (χ1v) is 8.93. The van der Waals surface area contributed by atoms with Crippen LogP contribution in [0.1, 0.15) is 36.1 Å². The fourth-order valence-corrected chi connectivity index (χ4v) is 3.20. The van der Waals surface area contributed by atoms with E-state index in [0.717, 1.165) is 16.8 Å². The molecule has 1 fully saturated rings. The third-order valence-corrected chi connectivity index (χ3v) is 4.91. The minimum atomic E-state index is -0.249. The van der Waals surface area contributed by atoms with Gasteiger partial charge in [0.15, 0.2) is 0 Å². The normalized spacial score (nSPS) is 17.9. The standard InChI is InChI=1S/C21H25N3O2/c1-14-9-10-19(11-15(14)2)24-13-18(12-20(24)25)23-21(26)22-16(3)17-7-5-4-6-8-17/h4-11,16,18H,12-13H2,1-3H3,(H2,22,23,26)/t16-,18-/m0/s1. The Bertz CT molecular complexity index is 804. The molecule has 5 heteroatoms. The molecule has 1 aliphatic heterocycles. The highest BCUT2D eigenvalue weighted by Gasteiger charge is 2.31. The van der Waals surface area contributed by atoms with Crippen LogP contribution in [0.25, 0.3) is 0 Å². The summed E-state index contributed by atoms with van der Waals surface area (Å²) in [6.45, 7) is 6.52. The van der Waals surface area contributed by atoms with E-state index in [9.17, 15) is 9.59 Å². The Labute approximate surface area is 154 Å². The number of anilines is 1. The second kappa shape index (κ2) is 7.60. The molecule has 1 aliphatic rings. The molecule has 0 aliphatic carbocycles. The van der Waals surface area contributed by atoms with E-state index < -0.39 is 0 Å². The van der Waals surface area contributed by atoms with Gasteiger partial charge in [-0.1, -0.05) is 36.4 Å². The van der Waals surface area contributed by atoms with Crippen molar-refractivity contribution in [2.24, 2.45) is 0 Å². The van der Waals surface area contributed by atoms with Gasteiger partial charge < -0.3 is 15.5 Å². The van der Waals surface area contributed by atoms with Crippen LogP contribution in [0, 0.1) is 13.8 Å². The first kappa shape index (κ1) is 18.0. The maximum absolute atomic E-state index is 12.4. The van der Waals surface area contributed by atoms with Gasteiger partial charge in [0.05, 0.1) is 12.1 Å². The van der Waals surface area contributed by atoms with Crippen LogP contribution in [0.4, 0.5) is 10.5 Å². The van der Waals surface area contributed by atoms with E-state index in [1.165, 1.54) is 5.56 Å². The third-order valence-electron chi connectivity index (χ3n) is 4.91. The van der Waals surface area contributed by atoms with Gasteiger partial charge in [0, 0.05) is 18.7 Å². The number of carbonyl (C=O) groups excluding carboxylic acids is 2. The van der Waals surface area contributed by atoms with Gasteiger partial charge >= 0.3 is 6.03 Å². The van der Waals surface area contributed by atoms with Crippen molar-refractivity contribution in [3.63, 3.8) is 0 Å². The predicted molar refractivity (Wildman–Crippen MR) is 103 cm³/mol. The molecule has 0 spiro atoms. The van der Waals surface area contributed by atoms with E-state index in [0.29, 0.717) is 13.0 Å². The lowest BCUT2D eigenvalue weighted by Crippen LogP contribution is -2.44. The summed E-state index contributed by atoms with van der Waals surface area (Å²) in [5.41, 5.74) is 4.29. The molecule has 0 bridgehead atoms. The fourth-order valence-electron chi connectivity index (χ4n) is 3.20. The minimum Gasteiger partial charge on any atom is -0.333 e. The summed E-state index contributed by atoms with van der Waals surface area (Å²) in [6, 6.07) is 15.3. The van der Waals surface area contributed by atoms with Crippen LogP contribution >= 0.6 is 0 Å². The number of urea groups is 1. The summed E-state index contributed by atoms with van der Waals surface area (Å²) in [5, 5.41) is 5.85. The Morgan fingerprint density at radius 2 is 1.85 bits per heavy atom. The number of nitrogens with zero attached hydrogens (tertiary/aromatic N) is 1. The van der Waals surface area contributed by atoms with Crippen LogP contribution in [0.15, 0.2) is 48.5 Å². The lowest BCUT2D eigenvalue weighted by atomic mass is 10.1. The van der Waals surface area contributed by atoms with Gasteiger partial charge in [0.25, 0.3) is 0 Å². The molecule has 1 saturated heterocycles. The van der Waals surface area contributed by atoms with Gasteiger partial charge in [-0.2, -0.15) is 0 Å². The molecule has 2 N–H and O–H groups in total. The number of rotatable bonds is 4. The largest absolute Gasteiger partial charge is 0.333 e. The van der Waals surface area contributed by atoms with Gasteiger partial charge in [0.1, 0.15) is 0 Å². The Kier molecular flexibility index (Phi) is 5.26. The van der Waals surface area contributed by atoms with Crippen LogP contribution in [0.5, 0.6) is 0 Å². The highest BCUT2D eigenvalue weighted by Crippen LogP contribution is 2.24. The summed E-state index contributed by atoms with van der Waals surface area (Å²) in [7, 11) is 0. The Morgan fingerprint density at radius 1 is 1.12 bits per heavy atom. The van der Waals surface area contributed by atoms with Gasteiger partial charge in [-0.25, -0.2) is 4.79 Å². The van der Waals surface area contributed by atoms with Crippen LogP contribution in [-0.4, -0.2) is 24.5 Å². The second-order valence-electron chi connectivity index (χ2n) is 6.92. The highest BCUT2D eigenvalue weighted by molar-refractivity contribution is 5.97. The Morgan fingerprint density at radius 3 is 2.54 bits per heavy atom. The van der Waals surface area contributed by atoms with Gasteiger partial charge in [-0.3, -0.25) is 4.79 Å².